The number of nitrogens with zero attached hydrogens (tertiary/aromatic N) is 1. The van der Waals surface area contributed by atoms with Crippen LogP contribution in [-0.2, 0) is 10.3 Å². The number of carbonyl (C=O) groups is 1. The maximum Gasteiger partial charge on any atom is 0.226 e. The van der Waals surface area contributed by atoms with Crippen LogP contribution in [0.4, 0.5) is 0 Å². The molecule has 1 fully saturated rings. The van der Waals surface area contributed by atoms with Crippen LogP contribution in [0.15, 0.2) is 42.5 Å². The van der Waals surface area contributed by atoms with Gasteiger partial charge in [-0.2, -0.15) is 0 Å². The van der Waals surface area contributed by atoms with E-state index in [0.717, 1.165) is 16.7 Å². The summed E-state index contributed by atoms with van der Waals surface area (Å²) in [5.74, 6) is 1.39. The Labute approximate surface area is 153 Å². The summed E-state index contributed by atoms with van der Waals surface area (Å²) in [7, 11) is 4.94. The molecule has 1 unspecified atom stereocenters. The Morgan fingerprint density at radius 1 is 1.12 bits per heavy atom. The highest BCUT2D eigenvalue weighted by molar-refractivity contribution is 5.79. The lowest BCUT2D eigenvalue weighted by Crippen LogP contribution is -2.64. The molecule has 1 aliphatic heterocycles. The van der Waals surface area contributed by atoms with Crippen LogP contribution in [0.5, 0.6) is 11.5 Å². The van der Waals surface area contributed by atoms with Crippen molar-refractivity contribution in [1.82, 2.24) is 10.2 Å². The predicted molar refractivity (Wildman–Crippen MR) is 101 cm³/mol. The van der Waals surface area contributed by atoms with Crippen LogP contribution in [0.1, 0.15) is 18.9 Å². The lowest BCUT2D eigenvalue weighted by atomic mass is 9.85. The van der Waals surface area contributed by atoms with Crippen molar-refractivity contribution in [2.45, 2.75) is 25.2 Å². The first-order valence-corrected chi connectivity index (χ1v) is 8.50. The number of carbonyl (C=O) groups excluding carboxylic acids is 1. The number of benzene rings is 2. The highest BCUT2D eigenvalue weighted by atomic mass is 16.5. The Hall–Kier alpha value is -2.57. The fourth-order valence-electron chi connectivity index (χ4n) is 3.30. The van der Waals surface area contributed by atoms with Crippen molar-refractivity contribution in [2.75, 3.05) is 21.3 Å². The summed E-state index contributed by atoms with van der Waals surface area (Å²) in [6.07, 6.45) is -0.155. The number of rotatable bonds is 4. The van der Waals surface area contributed by atoms with Crippen molar-refractivity contribution in [3.8, 4) is 22.6 Å². The molecule has 2 aromatic rings. The summed E-state index contributed by atoms with van der Waals surface area (Å²) in [5.41, 5.74) is 8.61. The number of hydrogen-bond donors (Lipinski definition) is 2. The molecule has 3 N–H and O–H groups in total. The first-order chi connectivity index (χ1) is 12.4. The van der Waals surface area contributed by atoms with Gasteiger partial charge in [-0.05, 0) is 41.8 Å². The number of nitrogens with one attached hydrogen (secondary N) is 1. The molecule has 1 amide bonds. The number of methoxy groups -OCH3 is 2. The van der Waals surface area contributed by atoms with E-state index in [9.17, 15) is 4.79 Å². The van der Waals surface area contributed by atoms with Crippen molar-refractivity contribution in [3.05, 3.63) is 48.0 Å². The van der Waals surface area contributed by atoms with Crippen molar-refractivity contribution >= 4 is 5.91 Å². The topological polar surface area (TPSA) is 76.8 Å². The molecule has 3 rings (SSSR count). The number of hydrogen-bond acceptors (Lipinski definition) is 5. The van der Waals surface area contributed by atoms with E-state index in [0.29, 0.717) is 17.9 Å². The molecule has 2 aromatic carbocycles. The Morgan fingerprint density at radius 3 is 2.46 bits per heavy atom. The number of ether oxygens (including phenoxy) is 2. The molecule has 138 valence electrons. The van der Waals surface area contributed by atoms with E-state index in [4.69, 9.17) is 15.2 Å². The van der Waals surface area contributed by atoms with Crippen LogP contribution in [-0.4, -0.2) is 38.4 Å². The van der Waals surface area contributed by atoms with Gasteiger partial charge in [0.05, 0.1) is 19.8 Å². The fraction of sp³-hybridized carbons (Fsp3) is 0.350. The molecule has 2 atom stereocenters. The predicted octanol–water partition coefficient (Wildman–Crippen LogP) is 2.28. The minimum absolute atomic E-state index is 0.0234. The number of amides is 1. The highest BCUT2D eigenvalue weighted by Gasteiger charge is 2.38. The van der Waals surface area contributed by atoms with Crippen molar-refractivity contribution in [2.24, 2.45) is 5.73 Å². The van der Waals surface area contributed by atoms with E-state index in [-0.39, 0.29) is 5.91 Å². The van der Waals surface area contributed by atoms with E-state index < -0.39 is 11.8 Å². The van der Waals surface area contributed by atoms with E-state index in [1.54, 1.807) is 21.3 Å². The zero-order chi connectivity index (χ0) is 18.9. The molecule has 0 saturated carbocycles. The van der Waals surface area contributed by atoms with Crippen LogP contribution in [0.2, 0.25) is 0 Å². The summed E-state index contributed by atoms with van der Waals surface area (Å²) in [5, 5.41) is 3.35. The molecule has 1 saturated heterocycles. The Morgan fingerprint density at radius 2 is 1.81 bits per heavy atom. The van der Waals surface area contributed by atoms with Gasteiger partial charge in [0.25, 0.3) is 0 Å². The third-order valence-electron chi connectivity index (χ3n) is 5.00. The summed E-state index contributed by atoms with van der Waals surface area (Å²) in [6, 6.07) is 13.9. The molecule has 0 radical (unpaired) electrons. The van der Waals surface area contributed by atoms with Crippen molar-refractivity contribution < 1.29 is 14.3 Å². The molecule has 0 bridgehead atoms. The van der Waals surface area contributed by atoms with Crippen molar-refractivity contribution in [1.29, 1.82) is 0 Å². The monoisotopic (exact) mass is 355 g/mol. The van der Waals surface area contributed by atoms with Gasteiger partial charge in [0, 0.05) is 13.5 Å². The van der Waals surface area contributed by atoms with Gasteiger partial charge in [0.1, 0.15) is 6.29 Å². The molecule has 1 heterocycles. The van der Waals surface area contributed by atoms with E-state index in [1.807, 2.05) is 43.3 Å². The van der Waals surface area contributed by atoms with Gasteiger partial charge in [-0.1, -0.05) is 24.3 Å². The second-order valence-electron chi connectivity index (χ2n) is 6.75. The highest BCUT2D eigenvalue weighted by Crippen LogP contribution is 2.35. The van der Waals surface area contributed by atoms with Crippen LogP contribution >= 0.6 is 0 Å². The summed E-state index contributed by atoms with van der Waals surface area (Å²) in [4.78, 5) is 13.8. The molecule has 6 nitrogen and oxygen atoms in total. The summed E-state index contributed by atoms with van der Waals surface area (Å²) >= 11 is 0. The van der Waals surface area contributed by atoms with Gasteiger partial charge in [-0.3, -0.25) is 15.8 Å². The zero-order valence-corrected chi connectivity index (χ0v) is 15.6. The number of nitrogens with two attached hydrogens (primary N) is 1. The van der Waals surface area contributed by atoms with Gasteiger partial charge < -0.3 is 14.4 Å². The maximum absolute atomic E-state index is 12.3. The van der Waals surface area contributed by atoms with Crippen molar-refractivity contribution in [3.63, 3.8) is 0 Å². The third kappa shape index (κ3) is 3.25. The van der Waals surface area contributed by atoms with Crippen LogP contribution < -0.4 is 20.5 Å². The maximum atomic E-state index is 12.3. The molecule has 0 aromatic heterocycles. The molecule has 6 heteroatoms. The second kappa shape index (κ2) is 6.97. The van der Waals surface area contributed by atoms with E-state index >= 15 is 0 Å². The average molecular weight is 355 g/mol. The van der Waals surface area contributed by atoms with Crippen LogP contribution in [0, 0.1) is 0 Å². The SMILES string of the molecule is COc1ccc(-c2cccc([C@]3(C)CC(=O)N(C)C(N)N3)c2)cc1OC. The van der Waals surface area contributed by atoms with Gasteiger partial charge in [-0.15, -0.1) is 0 Å². The lowest BCUT2D eigenvalue weighted by molar-refractivity contribution is -0.139. The summed E-state index contributed by atoms with van der Waals surface area (Å²) in [6.45, 7) is 2.01. The smallest absolute Gasteiger partial charge is 0.226 e. The third-order valence-corrected chi connectivity index (χ3v) is 5.00. The summed E-state index contributed by atoms with van der Waals surface area (Å²) < 4.78 is 10.7. The standard InChI is InChI=1S/C20H25N3O3/c1-20(12-18(24)23(2)19(21)22-20)15-7-5-6-13(10-15)14-8-9-16(25-3)17(11-14)26-4/h5-11,19,22H,12,21H2,1-4H3/t19?,20-/m0/s1. The minimum atomic E-state index is -0.518. The molecule has 0 aliphatic carbocycles. The Kier molecular flexibility index (Phi) is 4.89. The second-order valence-corrected chi connectivity index (χ2v) is 6.75. The van der Waals surface area contributed by atoms with Gasteiger partial charge in [0.2, 0.25) is 5.91 Å². The molecular formula is C20H25N3O3. The molecule has 1 aliphatic rings. The molecular weight excluding hydrogens is 330 g/mol. The van der Waals surface area contributed by atoms with Crippen LogP contribution in [0.3, 0.4) is 0 Å². The first-order valence-electron chi connectivity index (χ1n) is 8.50. The Balaban J connectivity index is 1.97. The van der Waals surface area contributed by atoms with Crippen LogP contribution in [0.25, 0.3) is 11.1 Å². The van der Waals surface area contributed by atoms with Gasteiger partial charge >= 0.3 is 0 Å². The van der Waals surface area contributed by atoms with E-state index in [1.165, 1.54) is 4.90 Å². The largest absolute Gasteiger partial charge is 0.493 e. The Bertz CT molecular complexity index is 824. The average Bonchev–Trinajstić information content (AvgIpc) is 2.65. The van der Waals surface area contributed by atoms with Gasteiger partial charge in [0.15, 0.2) is 11.5 Å². The zero-order valence-electron chi connectivity index (χ0n) is 15.6. The first kappa shape index (κ1) is 18.2. The quantitative estimate of drug-likeness (QED) is 0.880. The van der Waals surface area contributed by atoms with E-state index in [2.05, 4.69) is 11.4 Å². The lowest BCUT2D eigenvalue weighted by Gasteiger charge is -2.43. The normalized spacial score (nSPS) is 23.0. The minimum Gasteiger partial charge on any atom is -0.493 e. The molecule has 0 spiro atoms. The molecule has 26 heavy (non-hydrogen) atoms. The fourth-order valence-corrected chi connectivity index (χ4v) is 3.30. The van der Waals surface area contributed by atoms with Gasteiger partial charge in [-0.25, -0.2) is 0 Å².